The number of halogens is 2. The molecule has 0 saturated carbocycles. The Morgan fingerprint density at radius 2 is 1.95 bits per heavy atom. The third-order valence-corrected chi connectivity index (χ3v) is 4.76. The van der Waals surface area contributed by atoms with E-state index in [1.807, 2.05) is 0 Å². The van der Waals surface area contributed by atoms with Crippen molar-refractivity contribution in [2.75, 3.05) is 26.3 Å². The first-order valence-corrected chi connectivity index (χ1v) is 7.64. The van der Waals surface area contributed by atoms with Gasteiger partial charge in [-0.2, -0.15) is 17.4 Å². The molecule has 112 valence electrons. The van der Waals surface area contributed by atoms with Crippen molar-refractivity contribution in [2.45, 2.75) is 13.0 Å². The van der Waals surface area contributed by atoms with Crippen molar-refractivity contribution in [2.24, 2.45) is 0 Å². The van der Waals surface area contributed by atoms with Crippen molar-refractivity contribution < 1.29 is 21.9 Å². The second kappa shape index (κ2) is 6.13. The Morgan fingerprint density at radius 1 is 1.30 bits per heavy atom. The van der Waals surface area contributed by atoms with Crippen LogP contribution in [0.3, 0.4) is 0 Å². The minimum atomic E-state index is -3.75. The van der Waals surface area contributed by atoms with Crippen molar-refractivity contribution in [3.8, 4) is 0 Å². The fourth-order valence-corrected chi connectivity index (χ4v) is 3.35. The van der Waals surface area contributed by atoms with Gasteiger partial charge in [-0.1, -0.05) is 0 Å². The summed E-state index contributed by atoms with van der Waals surface area (Å²) in [5, 5.41) is 0. The van der Waals surface area contributed by atoms with Crippen LogP contribution in [0.25, 0.3) is 0 Å². The lowest BCUT2D eigenvalue weighted by Gasteiger charge is -2.27. The van der Waals surface area contributed by atoms with Gasteiger partial charge in [-0.3, -0.25) is 0 Å². The van der Waals surface area contributed by atoms with E-state index in [9.17, 15) is 17.2 Å². The lowest BCUT2D eigenvalue weighted by Crippen LogP contribution is -2.47. The molecule has 2 rings (SSSR count). The maximum absolute atomic E-state index is 13.6. The van der Waals surface area contributed by atoms with E-state index in [1.165, 1.54) is 11.2 Å². The molecule has 5 nitrogen and oxygen atoms in total. The number of rotatable bonds is 4. The summed E-state index contributed by atoms with van der Waals surface area (Å²) in [4.78, 5) is 0. The average Bonchev–Trinajstić information content (AvgIpc) is 2.42. The summed E-state index contributed by atoms with van der Waals surface area (Å²) >= 11 is 0. The first kappa shape index (κ1) is 15.3. The molecular formula is C12H16F2N2O3S. The maximum Gasteiger partial charge on any atom is 0.280 e. The zero-order chi connectivity index (χ0) is 14.8. The second-order valence-electron chi connectivity index (χ2n) is 4.52. The van der Waals surface area contributed by atoms with Crippen LogP contribution in [0.2, 0.25) is 0 Å². The van der Waals surface area contributed by atoms with E-state index < -0.39 is 27.9 Å². The van der Waals surface area contributed by atoms with Gasteiger partial charge in [0.25, 0.3) is 10.2 Å². The number of ether oxygens (including phenoxy) is 1. The molecule has 0 aliphatic carbocycles. The minimum Gasteiger partial charge on any atom is -0.379 e. The minimum absolute atomic E-state index is 0.0261. The molecule has 1 aliphatic rings. The lowest BCUT2D eigenvalue weighted by atomic mass is 10.1. The van der Waals surface area contributed by atoms with Gasteiger partial charge in [-0.15, -0.1) is 0 Å². The van der Waals surface area contributed by atoms with Crippen LogP contribution in [0.4, 0.5) is 8.78 Å². The Morgan fingerprint density at radius 3 is 2.60 bits per heavy atom. The smallest absolute Gasteiger partial charge is 0.280 e. The molecule has 1 saturated heterocycles. The normalized spacial score (nSPS) is 18.9. The molecule has 0 aromatic heterocycles. The predicted molar refractivity (Wildman–Crippen MR) is 69.2 cm³/mol. The molecule has 1 fully saturated rings. The maximum atomic E-state index is 13.6. The first-order chi connectivity index (χ1) is 9.40. The van der Waals surface area contributed by atoms with Crippen molar-refractivity contribution in [3.63, 3.8) is 0 Å². The standard InChI is InChI=1S/C12H16F2N2O3S/c1-9(11-8-10(13)2-3-12(11)14)15-20(17,18)16-4-6-19-7-5-16/h2-3,8-9,15H,4-7H2,1H3/t9-/m1/s1. The van der Waals surface area contributed by atoms with Crippen LogP contribution in [0, 0.1) is 11.6 Å². The van der Waals surface area contributed by atoms with E-state index in [4.69, 9.17) is 4.74 Å². The number of hydrogen-bond acceptors (Lipinski definition) is 3. The zero-order valence-corrected chi connectivity index (χ0v) is 11.8. The van der Waals surface area contributed by atoms with Gasteiger partial charge in [0, 0.05) is 24.7 Å². The zero-order valence-electron chi connectivity index (χ0n) is 11.0. The van der Waals surface area contributed by atoms with E-state index in [0.29, 0.717) is 13.2 Å². The molecule has 1 aromatic rings. The molecule has 1 aromatic carbocycles. The van der Waals surface area contributed by atoms with Gasteiger partial charge in [-0.05, 0) is 25.1 Å². The van der Waals surface area contributed by atoms with Gasteiger partial charge >= 0.3 is 0 Å². The van der Waals surface area contributed by atoms with Crippen LogP contribution < -0.4 is 4.72 Å². The molecule has 1 atom stereocenters. The highest BCUT2D eigenvalue weighted by Gasteiger charge is 2.27. The van der Waals surface area contributed by atoms with Crippen LogP contribution in [0.1, 0.15) is 18.5 Å². The fraction of sp³-hybridized carbons (Fsp3) is 0.500. The Kier molecular flexibility index (Phi) is 4.69. The van der Waals surface area contributed by atoms with Gasteiger partial charge in [0.15, 0.2) is 0 Å². The van der Waals surface area contributed by atoms with Crippen LogP contribution in [0.5, 0.6) is 0 Å². The summed E-state index contributed by atoms with van der Waals surface area (Å²) in [6, 6.07) is 2.09. The van der Waals surface area contributed by atoms with Gasteiger partial charge in [0.1, 0.15) is 11.6 Å². The number of morpholine rings is 1. The molecule has 0 unspecified atom stereocenters. The molecule has 1 N–H and O–H groups in total. The molecular weight excluding hydrogens is 290 g/mol. The molecule has 20 heavy (non-hydrogen) atoms. The number of hydrogen-bond donors (Lipinski definition) is 1. The summed E-state index contributed by atoms with van der Waals surface area (Å²) in [6.07, 6.45) is 0. The summed E-state index contributed by atoms with van der Waals surface area (Å²) in [5.41, 5.74) is -0.0261. The number of benzene rings is 1. The van der Waals surface area contributed by atoms with E-state index in [2.05, 4.69) is 4.72 Å². The summed E-state index contributed by atoms with van der Waals surface area (Å²) in [6.45, 7) is 2.60. The third-order valence-electron chi connectivity index (χ3n) is 3.06. The number of nitrogens with zero attached hydrogens (tertiary/aromatic N) is 1. The van der Waals surface area contributed by atoms with Crippen LogP contribution >= 0.6 is 0 Å². The van der Waals surface area contributed by atoms with E-state index in [0.717, 1.165) is 18.2 Å². The first-order valence-electron chi connectivity index (χ1n) is 6.20. The third kappa shape index (κ3) is 3.51. The highest BCUT2D eigenvalue weighted by atomic mass is 32.2. The molecule has 1 heterocycles. The van der Waals surface area contributed by atoms with E-state index in [-0.39, 0.29) is 18.7 Å². The summed E-state index contributed by atoms with van der Waals surface area (Å²) in [7, 11) is -3.75. The Hall–Kier alpha value is -1.09. The second-order valence-corrected chi connectivity index (χ2v) is 6.22. The monoisotopic (exact) mass is 306 g/mol. The van der Waals surface area contributed by atoms with Crippen LogP contribution in [-0.4, -0.2) is 39.0 Å². The molecule has 0 amide bonds. The molecule has 1 aliphatic heterocycles. The van der Waals surface area contributed by atoms with Gasteiger partial charge < -0.3 is 4.74 Å². The van der Waals surface area contributed by atoms with Crippen LogP contribution in [-0.2, 0) is 14.9 Å². The Balaban J connectivity index is 2.13. The summed E-state index contributed by atoms with van der Waals surface area (Å²) < 4.78 is 59.6. The summed E-state index contributed by atoms with van der Waals surface area (Å²) in [5.74, 6) is -1.26. The van der Waals surface area contributed by atoms with E-state index >= 15 is 0 Å². The molecule has 8 heteroatoms. The van der Waals surface area contributed by atoms with E-state index in [1.54, 1.807) is 0 Å². The topological polar surface area (TPSA) is 58.6 Å². The van der Waals surface area contributed by atoms with Gasteiger partial charge in [-0.25, -0.2) is 8.78 Å². The quantitative estimate of drug-likeness (QED) is 0.909. The average molecular weight is 306 g/mol. The number of nitrogens with one attached hydrogen (secondary N) is 1. The van der Waals surface area contributed by atoms with Crippen molar-refractivity contribution >= 4 is 10.2 Å². The largest absolute Gasteiger partial charge is 0.379 e. The molecule has 0 bridgehead atoms. The SMILES string of the molecule is C[C@@H](NS(=O)(=O)N1CCOCC1)c1cc(F)ccc1F. The Bertz CT molecular complexity index is 574. The highest BCUT2D eigenvalue weighted by molar-refractivity contribution is 7.87. The molecule has 0 radical (unpaired) electrons. The van der Waals surface area contributed by atoms with Crippen molar-refractivity contribution in [1.82, 2.24) is 9.03 Å². The fourth-order valence-electron chi connectivity index (χ4n) is 1.99. The lowest BCUT2D eigenvalue weighted by molar-refractivity contribution is 0.0723. The van der Waals surface area contributed by atoms with Crippen molar-refractivity contribution in [1.29, 1.82) is 0 Å². The van der Waals surface area contributed by atoms with Gasteiger partial charge in [0.05, 0.1) is 13.2 Å². The predicted octanol–water partition coefficient (Wildman–Crippen LogP) is 1.19. The van der Waals surface area contributed by atoms with Crippen molar-refractivity contribution in [3.05, 3.63) is 35.4 Å². The van der Waals surface area contributed by atoms with Gasteiger partial charge in [0.2, 0.25) is 0 Å². The highest BCUT2D eigenvalue weighted by Crippen LogP contribution is 2.19. The molecule has 0 spiro atoms. The Labute approximate surface area is 116 Å². The van der Waals surface area contributed by atoms with Crippen LogP contribution in [0.15, 0.2) is 18.2 Å².